The lowest BCUT2D eigenvalue weighted by atomic mass is 10.2. The van der Waals surface area contributed by atoms with Crippen LogP contribution in [0.15, 0.2) is 24.3 Å². The third-order valence-electron chi connectivity index (χ3n) is 2.20. The molecule has 6 heteroatoms. The van der Waals surface area contributed by atoms with E-state index in [1.54, 1.807) is 0 Å². The van der Waals surface area contributed by atoms with Gasteiger partial charge in [0.25, 0.3) is 0 Å². The summed E-state index contributed by atoms with van der Waals surface area (Å²) in [6.45, 7) is 2.68. The molecule has 0 saturated carbocycles. The molecule has 0 amide bonds. The number of anilines is 1. The topological polar surface area (TPSA) is 70.8 Å². The molecule has 1 N–H and O–H groups in total. The second-order valence-corrected chi connectivity index (χ2v) is 4.75. The second kappa shape index (κ2) is 5.98. The van der Waals surface area contributed by atoms with Crippen LogP contribution in [0, 0.1) is 18.3 Å². The van der Waals surface area contributed by atoms with Gasteiger partial charge in [-0.3, -0.25) is 0 Å². The fourth-order valence-corrected chi connectivity index (χ4v) is 1.95. The number of rotatable bonds is 5. The summed E-state index contributed by atoms with van der Waals surface area (Å²) in [5, 5.41) is 21.3. The normalized spacial score (nSPS) is 9.78. The fraction of sp³-hybridized carbons (Fsp3) is 0.250. The van der Waals surface area contributed by atoms with Crippen LogP contribution in [-0.4, -0.2) is 16.8 Å². The third-order valence-corrected chi connectivity index (χ3v) is 2.99. The summed E-state index contributed by atoms with van der Waals surface area (Å²) < 4.78 is 5.17. The molecule has 5 nitrogen and oxygen atoms in total. The molecule has 0 aliphatic heterocycles. The fourth-order valence-electron chi connectivity index (χ4n) is 1.36. The number of nitrogens with zero attached hydrogens (tertiary/aromatic N) is 3. The Morgan fingerprint density at radius 3 is 2.72 bits per heavy atom. The maximum Gasteiger partial charge on any atom is 0.205 e. The molecule has 1 heterocycles. The zero-order valence-electron chi connectivity index (χ0n) is 9.88. The van der Waals surface area contributed by atoms with Crippen molar-refractivity contribution in [2.45, 2.75) is 13.5 Å². The predicted molar refractivity (Wildman–Crippen MR) is 69.5 cm³/mol. The maximum atomic E-state index is 8.40. The van der Waals surface area contributed by atoms with Gasteiger partial charge in [0.2, 0.25) is 5.13 Å². The van der Waals surface area contributed by atoms with Gasteiger partial charge in [-0.1, -0.05) is 23.5 Å². The molecule has 0 atom stereocenters. The van der Waals surface area contributed by atoms with Crippen molar-refractivity contribution < 1.29 is 4.74 Å². The summed E-state index contributed by atoms with van der Waals surface area (Å²) in [6, 6.07) is 9.53. The highest BCUT2D eigenvalue weighted by Gasteiger charge is 2.00. The van der Waals surface area contributed by atoms with Crippen molar-refractivity contribution in [3.05, 3.63) is 34.8 Å². The van der Waals surface area contributed by atoms with Gasteiger partial charge in [-0.05, 0) is 24.6 Å². The lowest BCUT2D eigenvalue weighted by Gasteiger charge is -2.04. The van der Waals surface area contributed by atoms with E-state index in [4.69, 9.17) is 10.00 Å². The van der Waals surface area contributed by atoms with Crippen molar-refractivity contribution >= 4 is 16.5 Å². The van der Waals surface area contributed by atoms with Gasteiger partial charge in [-0.25, -0.2) is 0 Å². The lowest BCUT2D eigenvalue weighted by molar-refractivity contribution is 0.368. The van der Waals surface area contributed by atoms with Gasteiger partial charge < -0.3 is 10.1 Å². The highest BCUT2D eigenvalue weighted by Crippen LogP contribution is 2.16. The lowest BCUT2D eigenvalue weighted by Crippen LogP contribution is -1.99. The van der Waals surface area contributed by atoms with Gasteiger partial charge in [0.1, 0.15) is 16.8 Å². The van der Waals surface area contributed by atoms with Crippen LogP contribution in [0.4, 0.5) is 5.13 Å². The summed E-state index contributed by atoms with van der Waals surface area (Å²) >= 11 is 1.53. The summed E-state index contributed by atoms with van der Waals surface area (Å²) in [7, 11) is 0. The minimum Gasteiger partial charge on any atom is -0.479 e. The minimum atomic E-state index is 0.0711. The molecule has 0 bridgehead atoms. The summed E-state index contributed by atoms with van der Waals surface area (Å²) in [5.74, 6) is 0.701. The van der Waals surface area contributed by atoms with Crippen LogP contribution in [0.25, 0.3) is 0 Å². The first-order chi connectivity index (χ1) is 8.78. The highest BCUT2D eigenvalue weighted by atomic mass is 32.1. The number of nitrogens with one attached hydrogen (secondary N) is 1. The molecule has 0 spiro atoms. The van der Waals surface area contributed by atoms with Crippen LogP contribution in [0.1, 0.15) is 10.6 Å². The van der Waals surface area contributed by atoms with Crippen molar-refractivity contribution in [1.82, 2.24) is 10.2 Å². The Labute approximate surface area is 109 Å². The number of ether oxygens (including phenoxy) is 1. The maximum absolute atomic E-state index is 8.40. The first kappa shape index (κ1) is 12.3. The van der Waals surface area contributed by atoms with E-state index in [1.807, 2.05) is 37.3 Å². The average molecular weight is 260 g/mol. The smallest absolute Gasteiger partial charge is 0.205 e. The third kappa shape index (κ3) is 3.43. The van der Waals surface area contributed by atoms with Crippen LogP contribution in [0.5, 0.6) is 5.75 Å². The van der Waals surface area contributed by atoms with Crippen LogP contribution in [0.2, 0.25) is 0 Å². The zero-order valence-corrected chi connectivity index (χ0v) is 10.7. The van der Waals surface area contributed by atoms with E-state index in [0.29, 0.717) is 12.3 Å². The van der Waals surface area contributed by atoms with E-state index in [2.05, 4.69) is 15.5 Å². The Hall–Kier alpha value is -2.13. The van der Waals surface area contributed by atoms with Crippen LogP contribution in [0.3, 0.4) is 0 Å². The van der Waals surface area contributed by atoms with Gasteiger partial charge in [0.05, 0.1) is 0 Å². The molecule has 0 saturated heterocycles. The van der Waals surface area contributed by atoms with E-state index in [9.17, 15) is 0 Å². The molecule has 1 aromatic carbocycles. The number of hydrogen-bond donors (Lipinski definition) is 1. The molecule has 0 aliphatic rings. The number of aryl methyl sites for hydroxylation is 1. The number of aromatic nitrogens is 2. The first-order valence-corrected chi connectivity index (χ1v) is 6.22. The molecule has 2 rings (SSSR count). The average Bonchev–Trinajstić information content (AvgIpc) is 2.81. The Morgan fingerprint density at radius 1 is 1.33 bits per heavy atom. The SMILES string of the molecule is Cc1nnc(NCc2ccc(OCC#N)cc2)s1. The van der Waals surface area contributed by atoms with E-state index < -0.39 is 0 Å². The molecule has 0 radical (unpaired) electrons. The van der Waals surface area contributed by atoms with Crippen molar-refractivity contribution in [2.75, 3.05) is 11.9 Å². The molecule has 0 fully saturated rings. The molecule has 0 unspecified atom stereocenters. The highest BCUT2D eigenvalue weighted by molar-refractivity contribution is 7.15. The molecule has 2 aromatic rings. The standard InChI is InChI=1S/C12H12N4OS/c1-9-15-16-12(18-9)14-8-10-2-4-11(5-3-10)17-7-6-13/h2-5H,7-8H2,1H3,(H,14,16). The van der Waals surface area contributed by atoms with Gasteiger partial charge >= 0.3 is 0 Å². The van der Waals surface area contributed by atoms with Crippen molar-refractivity contribution in [3.8, 4) is 11.8 Å². The molecule has 0 aliphatic carbocycles. The number of benzene rings is 1. The van der Waals surface area contributed by atoms with Gasteiger partial charge in [0, 0.05) is 6.54 Å². The van der Waals surface area contributed by atoms with Crippen LogP contribution >= 0.6 is 11.3 Å². The minimum absolute atomic E-state index is 0.0711. The van der Waals surface area contributed by atoms with E-state index in [1.165, 1.54) is 11.3 Å². The quantitative estimate of drug-likeness (QED) is 0.893. The first-order valence-electron chi connectivity index (χ1n) is 5.40. The summed E-state index contributed by atoms with van der Waals surface area (Å²) in [5.41, 5.74) is 1.12. The number of nitriles is 1. The Morgan fingerprint density at radius 2 is 2.11 bits per heavy atom. The van der Waals surface area contributed by atoms with Crippen molar-refractivity contribution in [3.63, 3.8) is 0 Å². The second-order valence-electron chi connectivity index (χ2n) is 3.57. The molecular formula is C12H12N4OS. The van der Waals surface area contributed by atoms with Crippen LogP contribution < -0.4 is 10.1 Å². The molecular weight excluding hydrogens is 248 g/mol. The van der Waals surface area contributed by atoms with E-state index >= 15 is 0 Å². The number of hydrogen-bond acceptors (Lipinski definition) is 6. The molecule has 18 heavy (non-hydrogen) atoms. The van der Waals surface area contributed by atoms with Gasteiger partial charge in [0.15, 0.2) is 6.61 Å². The van der Waals surface area contributed by atoms with Gasteiger partial charge in [-0.2, -0.15) is 5.26 Å². The Balaban J connectivity index is 1.88. The Bertz CT molecular complexity index is 544. The summed E-state index contributed by atoms with van der Waals surface area (Å²) in [4.78, 5) is 0. The zero-order chi connectivity index (χ0) is 12.8. The van der Waals surface area contributed by atoms with Crippen molar-refractivity contribution in [2.24, 2.45) is 0 Å². The van der Waals surface area contributed by atoms with E-state index in [-0.39, 0.29) is 6.61 Å². The largest absolute Gasteiger partial charge is 0.479 e. The predicted octanol–water partition coefficient (Wildman–Crippen LogP) is 2.36. The molecule has 92 valence electrons. The van der Waals surface area contributed by atoms with Crippen molar-refractivity contribution in [1.29, 1.82) is 5.26 Å². The van der Waals surface area contributed by atoms with Gasteiger partial charge in [-0.15, -0.1) is 10.2 Å². The summed E-state index contributed by atoms with van der Waals surface area (Å²) in [6.07, 6.45) is 0. The van der Waals surface area contributed by atoms with E-state index in [0.717, 1.165) is 15.7 Å². The Kier molecular flexibility index (Phi) is 4.10. The molecule has 1 aromatic heterocycles. The van der Waals surface area contributed by atoms with Crippen LogP contribution in [-0.2, 0) is 6.54 Å². The monoisotopic (exact) mass is 260 g/mol.